The first kappa shape index (κ1) is 15.7. The molecule has 0 aliphatic rings. The summed E-state index contributed by atoms with van der Waals surface area (Å²) in [6.07, 6.45) is 0.679. The second-order valence-electron chi connectivity index (χ2n) is 4.53. The molecule has 0 bridgehead atoms. The lowest BCUT2D eigenvalue weighted by Crippen LogP contribution is -2.26. The van der Waals surface area contributed by atoms with E-state index in [0.717, 1.165) is 11.3 Å². The van der Waals surface area contributed by atoms with Crippen molar-refractivity contribution in [3.05, 3.63) is 66.0 Å². The number of hydrazone groups is 1. The van der Waals surface area contributed by atoms with Crippen molar-refractivity contribution in [1.82, 2.24) is 5.43 Å². The molecule has 0 aliphatic carbocycles. The minimum Gasteiger partial charge on any atom is -0.481 e. The molecule has 0 aromatic heterocycles. The third kappa shape index (κ3) is 4.41. The SMILES string of the molecule is CC/C(=N\NC(=O)COc1ccccc1F)c1ccccc1. The van der Waals surface area contributed by atoms with Gasteiger partial charge in [0, 0.05) is 0 Å². The maximum absolute atomic E-state index is 13.3. The van der Waals surface area contributed by atoms with Gasteiger partial charge in [-0.15, -0.1) is 0 Å². The largest absolute Gasteiger partial charge is 0.481 e. The summed E-state index contributed by atoms with van der Waals surface area (Å²) in [5, 5.41) is 4.09. The van der Waals surface area contributed by atoms with Crippen molar-refractivity contribution in [2.45, 2.75) is 13.3 Å². The minimum atomic E-state index is -0.502. The van der Waals surface area contributed by atoms with E-state index in [1.807, 2.05) is 37.3 Å². The smallest absolute Gasteiger partial charge is 0.277 e. The summed E-state index contributed by atoms with van der Waals surface area (Å²) in [5.74, 6) is -0.900. The quantitative estimate of drug-likeness (QED) is 0.658. The highest BCUT2D eigenvalue weighted by atomic mass is 19.1. The molecular formula is C17H17FN2O2. The van der Waals surface area contributed by atoms with E-state index in [-0.39, 0.29) is 12.4 Å². The molecule has 0 saturated carbocycles. The zero-order valence-corrected chi connectivity index (χ0v) is 12.3. The molecule has 0 unspecified atom stereocenters. The number of benzene rings is 2. The predicted molar refractivity (Wildman–Crippen MR) is 83.3 cm³/mol. The third-order valence-corrected chi connectivity index (χ3v) is 2.95. The fourth-order valence-electron chi connectivity index (χ4n) is 1.85. The molecular weight excluding hydrogens is 283 g/mol. The second kappa shape index (κ2) is 7.93. The fourth-order valence-corrected chi connectivity index (χ4v) is 1.85. The summed E-state index contributed by atoms with van der Waals surface area (Å²) >= 11 is 0. The Bertz CT molecular complexity index is 657. The lowest BCUT2D eigenvalue weighted by atomic mass is 10.1. The zero-order chi connectivity index (χ0) is 15.8. The van der Waals surface area contributed by atoms with Crippen molar-refractivity contribution in [1.29, 1.82) is 0 Å². The molecule has 2 aromatic carbocycles. The molecule has 2 rings (SSSR count). The van der Waals surface area contributed by atoms with Crippen LogP contribution in [-0.2, 0) is 4.79 Å². The maximum atomic E-state index is 13.3. The van der Waals surface area contributed by atoms with Gasteiger partial charge in [-0.2, -0.15) is 5.10 Å². The Labute approximate surface area is 128 Å². The van der Waals surface area contributed by atoms with Crippen molar-refractivity contribution >= 4 is 11.6 Å². The van der Waals surface area contributed by atoms with Crippen LogP contribution in [0.2, 0.25) is 0 Å². The number of nitrogens with one attached hydrogen (secondary N) is 1. The Balaban J connectivity index is 1.91. The van der Waals surface area contributed by atoms with Crippen molar-refractivity contribution in [2.24, 2.45) is 5.10 Å². The molecule has 0 radical (unpaired) electrons. The summed E-state index contributed by atoms with van der Waals surface area (Å²) in [6.45, 7) is 1.66. The van der Waals surface area contributed by atoms with Gasteiger partial charge in [-0.1, -0.05) is 49.4 Å². The Morgan fingerprint density at radius 3 is 2.50 bits per heavy atom. The zero-order valence-electron chi connectivity index (χ0n) is 12.3. The van der Waals surface area contributed by atoms with Crippen molar-refractivity contribution in [2.75, 3.05) is 6.61 Å². The number of para-hydroxylation sites is 1. The van der Waals surface area contributed by atoms with Crippen molar-refractivity contribution < 1.29 is 13.9 Å². The second-order valence-corrected chi connectivity index (χ2v) is 4.53. The number of carbonyl (C=O) groups is 1. The van der Waals surface area contributed by atoms with E-state index in [4.69, 9.17) is 4.74 Å². The number of nitrogens with zero attached hydrogens (tertiary/aromatic N) is 1. The molecule has 0 atom stereocenters. The van der Waals surface area contributed by atoms with Crippen LogP contribution in [0.15, 0.2) is 59.7 Å². The molecule has 0 aliphatic heterocycles. The Hall–Kier alpha value is -2.69. The summed E-state index contributed by atoms with van der Waals surface area (Å²) in [7, 11) is 0. The van der Waals surface area contributed by atoms with Crippen LogP contribution in [0.1, 0.15) is 18.9 Å². The monoisotopic (exact) mass is 300 g/mol. The van der Waals surface area contributed by atoms with Gasteiger partial charge < -0.3 is 4.74 Å². The summed E-state index contributed by atoms with van der Waals surface area (Å²) in [4.78, 5) is 11.7. The van der Waals surface area contributed by atoms with Gasteiger partial charge in [-0.25, -0.2) is 9.82 Å². The van der Waals surface area contributed by atoms with Gasteiger partial charge in [0.25, 0.3) is 5.91 Å². The number of carbonyl (C=O) groups excluding carboxylic acids is 1. The van der Waals surface area contributed by atoms with Crippen LogP contribution in [-0.4, -0.2) is 18.2 Å². The average molecular weight is 300 g/mol. The molecule has 1 amide bonds. The van der Waals surface area contributed by atoms with E-state index in [1.54, 1.807) is 12.1 Å². The van der Waals surface area contributed by atoms with Crippen LogP contribution in [0, 0.1) is 5.82 Å². The first-order valence-corrected chi connectivity index (χ1v) is 6.99. The standard InChI is InChI=1S/C17H17FN2O2/c1-2-15(13-8-4-3-5-9-13)19-20-17(21)12-22-16-11-7-6-10-14(16)18/h3-11H,2,12H2,1H3,(H,20,21)/b19-15+. The van der Waals surface area contributed by atoms with Crippen LogP contribution in [0.4, 0.5) is 4.39 Å². The normalized spacial score (nSPS) is 11.1. The first-order chi connectivity index (χ1) is 10.7. The summed E-state index contributed by atoms with van der Waals surface area (Å²) in [6, 6.07) is 15.5. The number of ether oxygens (including phenoxy) is 1. The van der Waals surface area contributed by atoms with E-state index in [1.165, 1.54) is 12.1 Å². The molecule has 0 saturated heterocycles. The molecule has 22 heavy (non-hydrogen) atoms. The molecule has 5 heteroatoms. The first-order valence-electron chi connectivity index (χ1n) is 6.99. The van der Waals surface area contributed by atoms with E-state index in [0.29, 0.717) is 6.42 Å². The Morgan fingerprint density at radius 2 is 1.82 bits per heavy atom. The van der Waals surface area contributed by atoms with E-state index in [9.17, 15) is 9.18 Å². The van der Waals surface area contributed by atoms with Crippen LogP contribution in [0.25, 0.3) is 0 Å². The number of hydrogen-bond donors (Lipinski definition) is 1. The maximum Gasteiger partial charge on any atom is 0.277 e. The highest BCUT2D eigenvalue weighted by Gasteiger charge is 2.06. The van der Waals surface area contributed by atoms with Gasteiger partial charge in [0.2, 0.25) is 0 Å². The number of halogens is 1. The highest BCUT2D eigenvalue weighted by molar-refractivity contribution is 6.00. The Morgan fingerprint density at radius 1 is 1.14 bits per heavy atom. The molecule has 0 heterocycles. The number of amides is 1. The van der Waals surface area contributed by atoms with E-state index >= 15 is 0 Å². The lowest BCUT2D eigenvalue weighted by molar-refractivity contribution is -0.123. The topological polar surface area (TPSA) is 50.7 Å². The molecule has 2 aromatic rings. The Kier molecular flexibility index (Phi) is 5.65. The van der Waals surface area contributed by atoms with Gasteiger partial charge in [-0.05, 0) is 24.1 Å². The van der Waals surface area contributed by atoms with Crippen molar-refractivity contribution in [3.8, 4) is 5.75 Å². The van der Waals surface area contributed by atoms with Crippen LogP contribution < -0.4 is 10.2 Å². The third-order valence-electron chi connectivity index (χ3n) is 2.95. The predicted octanol–water partition coefficient (Wildman–Crippen LogP) is 3.14. The number of rotatable bonds is 6. The van der Waals surface area contributed by atoms with Gasteiger partial charge in [0.1, 0.15) is 0 Å². The summed E-state index contributed by atoms with van der Waals surface area (Å²) < 4.78 is 18.5. The molecule has 0 spiro atoms. The fraction of sp³-hybridized carbons (Fsp3) is 0.176. The van der Waals surface area contributed by atoms with Gasteiger partial charge in [0.15, 0.2) is 18.2 Å². The molecule has 114 valence electrons. The van der Waals surface area contributed by atoms with E-state index in [2.05, 4.69) is 10.5 Å². The summed E-state index contributed by atoms with van der Waals surface area (Å²) in [5.41, 5.74) is 4.13. The minimum absolute atomic E-state index is 0.0420. The molecule has 4 nitrogen and oxygen atoms in total. The van der Waals surface area contributed by atoms with Gasteiger partial charge >= 0.3 is 0 Å². The van der Waals surface area contributed by atoms with Crippen LogP contribution in [0.5, 0.6) is 5.75 Å². The van der Waals surface area contributed by atoms with Crippen LogP contribution in [0.3, 0.4) is 0 Å². The van der Waals surface area contributed by atoms with Crippen LogP contribution >= 0.6 is 0 Å². The highest BCUT2D eigenvalue weighted by Crippen LogP contribution is 2.14. The van der Waals surface area contributed by atoms with Crippen molar-refractivity contribution in [3.63, 3.8) is 0 Å². The van der Waals surface area contributed by atoms with Gasteiger partial charge in [0.05, 0.1) is 5.71 Å². The van der Waals surface area contributed by atoms with E-state index < -0.39 is 11.7 Å². The lowest BCUT2D eigenvalue weighted by Gasteiger charge is -2.07. The number of hydrogen-bond acceptors (Lipinski definition) is 3. The molecule has 1 N–H and O–H groups in total. The van der Waals surface area contributed by atoms with Gasteiger partial charge in [-0.3, -0.25) is 4.79 Å². The average Bonchev–Trinajstić information content (AvgIpc) is 2.55. The molecule has 0 fully saturated rings.